The normalized spacial score (nSPS) is 16.1. The number of rotatable bonds is 6. The van der Waals surface area contributed by atoms with Crippen LogP contribution in [0, 0.1) is 5.92 Å². The van der Waals surface area contributed by atoms with Crippen LogP contribution in [0.3, 0.4) is 0 Å². The molecule has 1 aliphatic heterocycles. The number of carbonyl (C=O) groups excluding carboxylic acids is 2. The number of ether oxygens (including phenoxy) is 1. The molecule has 5 nitrogen and oxygen atoms in total. The molecule has 1 aliphatic rings. The van der Waals surface area contributed by atoms with Crippen molar-refractivity contribution in [1.29, 1.82) is 0 Å². The summed E-state index contributed by atoms with van der Waals surface area (Å²) in [6.45, 7) is 2.90. The molecule has 3 aromatic rings. The van der Waals surface area contributed by atoms with Gasteiger partial charge in [-0.05, 0) is 48.7 Å². The highest BCUT2D eigenvalue weighted by molar-refractivity contribution is 7.13. The second kappa shape index (κ2) is 8.49. The van der Waals surface area contributed by atoms with Gasteiger partial charge in [-0.2, -0.15) is 0 Å². The van der Waals surface area contributed by atoms with Crippen LogP contribution in [0.2, 0.25) is 0 Å². The van der Waals surface area contributed by atoms with Gasteiger partial charge in [-0.1, -0.05) is 24.3 Å². The summed E-state index contributed by atoms with van der Waals surface area (Å²) >= 11 is 1.63. The maximum atomic E-state index is 12.9. The zero-order chi connectivity index (χ0) is 20.2. The fourth-order valence-electron chi connectivity index (χ4n) is 3.50. The van der Waals surface area contributed by atoms with E-state index in [1.807, 2.05) is 73.0 Å². The summed E-state index contributed by atoms with van der Waals surface area (Å²) in [4.78, 5) is 28.2. The molecule has 0 radical (unpaired) electrons. The quantitative estimate of drug-likeness (QED) is 0.639. The van der Waals surface area contributed by atoms with Crippen molar-refractivity contribution in [2.75, 3.05) is 23.4 Å². The topological polar surface area (TPSA) is 58.6 Å². The first-order valence-corrected chi connectivity index (χ1v) is 10.5. The summed E-state index contributed by atoms with van der Waals surface area (Å²) in [6, 6.07) is 19.2. The Morgan fingerprint density at radius 3 is 2.66 bits per heavy atom. The number of nitrogens with zero attached hydrogens (tertiary/aromatic N) is 1. The predicted molar refractivity (Wildman–Crippen MR) is 116 cm³/mol. The van der Waals surface area contributed by atoms with Crippen molar-refractivity contribution >= 4 is 34.5 Å². The molecule has 1 N–H and O–H groups in total. The smallest absolute Gasteiger partial charge is 0.229 e. The van der Waals surface area contributed by atoms with Gasteiger partial charge < -0.3 is 15.0 Å². The van der Waals surface area contributed by atoms with Crippen LogP contribution < -0.4 is 15.0 Å². The van der Waals surface area contributed by atoms with E-state index in [1.54, 1.807) is 16.2 Å². The molecular formula is C23H22N2O3S. The number of hydrogen-bond donors (Lipinski definition) is 1. The highest BCUT2D eigenvalue weighted by Crippen LogP contribution is 2.33. The number of hydrogen-bond acceptors (Lipinski definition) is 4. The van der Waals surface area contributed by atoms with E-state index < -0.39 is 0 Å². The van der Waals surface area contributed by atoms with E-state index in [0.717, 1.165) is 27.6 Å². The van der Waals surface area contributed by atoms with Crippen LogP contribution in [0.5, 0.6) is 5.75 Å². The average Bonchev–Trinajstić information content (AvgIpc) is 3.39. The molecule has 0 spiro atoms. The summed E-state index contributed by atoms with van der Waals surface area (Å²) in [5, 5.41) is 5.04. The van der Waals surface area contributed by atoms with Crippen LogP contribution in [0.4, 0.5) is 11.4 Å². The maximum Gasteiger partial charge on any atom is 0.229 e. The minimum atomic E-state index is -0.384. The van der Waals surface area contributed by atoms with Gasteiger partial charge in [-0.15, -0.1) is 11.3 Å². The number of amides is 2. The summed E-state index contributed by atoms with van der Waals surface area (Å²) in [5.74, 6) is 0.212. The fraction of sp³-hybridized carbons (Fsp3) is 0.217. The number of para-hydroxylation sites is 1. The average molecular weight is 407 g/mol. The molecular weight excluding hydrogens is 384 g/mol. The van der Waals surface area contributed by atoms with Gasteiger partial charge in [0.2, 0.25) is 11.8 Å². The second-order valence-electron chi connectivity index (χ2n) is 6.84. The summed E-state index contributed by atoms with van der Waals surface area (Å²) < 4.78 is 5.45. The largest absolute Gasteiger partial charge is 0.494 e. The Bertz CT molecular complexity index is 999. The molecule has 0 bridgehead atoms. The first-order valence-electron chi connectivity index (χ1n) is 9.62. The molecule has 1 unspecified atom stereocenters. The van der Waals surface area contributed by atoms with Crippen LogP contribution in [0.1, 0.15) is 13.3 Å². The monoisotopic (exact) mass is 406 g/mol. The summed E-state index contributed by atoms with van der Waals surface area (Å²) in [7, 11) is 0. The minimum absolute atomic E-state index is 0.0409. The van der Waals surface area contributed by atoms with Crippen molar-refractivity contribution in [3.63, 3.8) is 0 Å². The highest BCUT2D eigenvalue weighted by atomic mass is 32.1. The fourth-order valence-corrected chi connectivity index (χ4v) is 4.26. The van der Waals surface area contributed by atoms with Gasteiger partial charge in [-0.3, -0.25) is 9.59 Å². The Balaban J connectivity index is 1.46. The maximum absolute atomic E-state index is 12.9. The Hall–Kier alpha value is -3.12. The van der Waals surface area contributed by atoms with Gasteiger partial charge in [-0.25, -0.2) is 0 Å². The predicted octanol–water partition coefficient (Wildman–Crippen LogP) is 4.81. The van der Waals surface area contributed by atoms with Crippen molar-refractivity contribution in [1.82, 2.24) is 0 Å². The minimum Gasteiger partial charge on any atom is -0.494 e. The molecule has 2 amide bonds. The third kappa shape index (κ3) is 4.17. The molecule has 2 aromatic carbocycles. The molecule has 1 fully saturated rings. The molecule has 4 rings (SSSR count). The molecule has 2 heterocycles. The van der Waals surface area contributed by atoms with Gasteiger partial charge in [0.15, 0.2) is 0 Å². The lowest BCUT2D eigenvalue weighted by Gasteiger charge is -2.17. The lowest BCUT2D eigenvalue weighted by Crippen LogP contribution is -2.28. The van der Waals surface area contributed by atoms with Gasteiger partial charge in [0.05, 0.1) is 12.5 Å². The molecule has 0 saturated carbocycles. The second-order valence-corrected chi connectivity index (χ2v) is 7.79. The van der Waals surface area contributed by atoms with Crippen molar-refractivity contribution in [2.45, 2.75) is 13.3 Å². The van der Waals surface area contributed by atoms with Crippen molar-refractivity contribution in [3.05, 3.63) is 66.0 Å². The molecule has 1 atom stereocenters. The van der Waals surface area contributed by atoms with Crippen LogP contribution in [-0.4, -0.2) is 25.0 Å². The van der Waals surface area contributed by atoms with Gasteiger partial charge in [0.25, 0.3) is 0 Å². The number of benzene rings is 2. The highest BCUT2D eigenvalue weighted by Gasteiger charge is 2.35. The van der Waals surface area contributed by atoms with Gasteiger partial charge in [0.1, 0.15) is 5.75 Å². The Labute approximate surface area is 173 Å². The third-order valence-electron chi connectivity index (χ3n) is 4.93. The van der Waals surface area contributed by atoms with E-state index in [1.165, 1.54) is 0 Å². The number of thiophene rings is 1. The first kappa shape index (κ1) is 19.2. The molecule has 29 heavy (non-hydrogen) atoms. The Morgan fingerprint density at radius 2 is 1.93 bits per heavy atom. The molecule has 1 aromatic heterocycles. The van der Waals surface area contributed by atoms with Crippen LogP contribution in [0.15, 0.2) is 66.0 Å². The standard InChI is InChI=1S/C23H22N2O3S/c1-2-28-18-11-9-17(10-12-18)25-15-16(14-22(25)26)23(27)24-20-7-4-3-6-19(20)21-8-5-13-29-21/h3-13,16H,2,14-15H2,1H3,(H,24,27). The lowest BCUT2D eigenvalue weighted by atomic mass is 10.1. The summed E-state index contributed by atoms with van der Waals surface area (Å²) in [5.41, 5.74) is 2.54. The number of carbonyl (C=O) groups is 2. The Kier molecular flexibility index (Phi) is 5.62. The van der Waals surface area contributed by atoms with Gasteiger partial charge in [0, 0.05) is 34.8 Å². The third-order valence-corrected chi connectivity index (χ3v) is 5.83. The SMILES string of the molecule is CCOc1ccc(N2CC(C(=O)Nc3ccccc3-c3cccs3)CC2=O)cc1. The zero-order valence-corrected chi connectivity index (χ0v) is 16.9. The molecule has 6 heteroatoms. The van der Waals surface area contributed by atoms with Crippen LogP contribution in [-0.2, 0) is 9.59 Å². The van der Waals surface area contributed by atoms with Crippen molar-refractivity contribution < 1.29 is 14.3 Å². The number of anilines is 2. The Morgan fingerprint density at radius 1 is 1.14 bits per heavy atom. The molecule has 1 saturated heterocycles. The molecule has 0 aliphatic carbocycles. The van der Waals surface area contributed by atoms with E-state index in [9.17, 15) is 9.59 Å². The van der Waals surface area contributed by atoms with E-state index >= 15 is 0 Å². The first-order chi connectivity index (χ1) is 14.2. The van der Waals surface area contributed by atoms with Crippen LogP contribution >= 0.6 is 11.3 Å². The van der Waals surface area contributed by atoms with E-state index in [4.69, 9.17) is 4.74 Å². The van der Waals surface area contributed by atoms with E-state index in [-0.39, 0.29) is 24.2 Å². The van der Waals surface area contributed by atoms with Crippen molar-refractivity contribution in [2.24, 2.45) is 5.92 Å². The van der Waals surface area contributed by atoms with E-state index in [2.05, 4.69) is 5.32 Å². The van der Waals surface area contributed by atoms with E-state index in [0.29, 0.717) is 13.2 Å². The van der Waals surface area contributed by atoms with Crippen LogP contribution in [0.25, 0.3) is 10.4 Å². The molecule has 148 valence electrons. The van der Waals surface area contributed by atoms with Crippen molar-refractivity contribution in [3.8, 4) is 16.2 Å². The summed E-state index contributed by atoms with van der Waals surface area (Å²) in [6.07, 6.45) is 0.209. The number of nitrogens with one attached hydrogen (secondary N) is 1. The van der Waals surface area contributed by atoms with Gasteiger partial charge >= 0.3 is 0 Å². The zero-order valence-electron chi connectivity index (χ0n) is 16.1. The lowest BCUT2D eigenvalue weighted by molar-refractivity contribution is -0.122.